The Balaban J connectivity index is 2.36. The highest BCUT2D eigenvalue weighted by molar-refractivity contribution is 6.36. The summed E-state index contributed by atoms with van der Waals surface area (Å²) in [6, 6.07) is 4.52. The van der Waals surface area contributed by atoms with Crippen LogP contribution in [0.15, 0.2) is 34.0 Å². The van der Waals surface area contributed by atoms with Gasteiger partial charge in [-0.3, -0.25) is 19.1 Å². The minimum Gasteiger partial charge on any atom is -0.293 e. The van der Waals surface area contributed by atoms with Crippen LogP contribution in [0.1, 0.15) is 22.8 Å². The number of nitrogens with zero attached hydrogens (tertiary/aromatic N) is 1. The van der Waals surface area contributed by atoms with Crippen LogP contribution in [0.3, 0.4) is 0 Å². The molecule has 0 unspecified atom stereocenters. The molecule has 1 aromatic carbocycles. The Labute approximate surface area is 130 Å². The normalized spacial score (nSPS) is 10.6. The number of benzene rings is 1. The number of aromatic nitrogens is 2. The predicted octanol–water partition coefficient (Wildman–Crippen LogP) is 2.29. The molecule has 0 aliphatic carbocycles. The van der Waals surface area contributed by atoms with E-state index in [2.05, 4.69) is 4.98 Å². The van der Waals surface area contributed by atoms with Crippen molar-refractivity contribution in [3.8, 4) is 0 Å². The molecule has 2 rings (SSSR count). The van der Waals surface area contributed by atoms with Crippen molar-refractivity contribution in [2.24, 2.45) is 0 Å². The largest absolute Gasteiger partial charge is 0.328 e. The van der Waals surface area contributed by atoms with E-state index in [9.17, 15) is 14.4 Å². The number of aromatic amines is 1. The van der Waals surface area contributed by atoms with Gasteiger partial charge in [-0.15, -0.1) is 0 Å². The molecule has 1 aromatic heterocycles. The molecule has 0 aliphatic heterocycles. The number of aryl methyl sites for hydroxylation is 1. The molecular formula is C14H12Cl2N2O3. The van der Waals surface area contributed by atoms with Gasteiger partial charge in [0.2, 0.25) is 0 Å². The Kier molecular flexibility index (Phi) is 4.65. The number of carbonyl (C=O) groups excluding carboxylic acids is 1. The minimum atomic E-state index is -0.629. The van der Waals surface area contributed by atoms with Crippen molar-refractivity contribution in [3.05, 3.63) is 66.4 Å². The van der Waals surface area contributed by atoms with Gasteiger partial charge in [-0.1, -0.05) is 30.1 Å². The van der Waals surface area contributed by atoms with Gasteiger partial charge in [-0.05, 0) is 24.6 Å². The van der Waals surface area contributed by atoms with E-state index in [1.54, 1.807) is 13.0 Å². The third-order valence-electron chi connectivity index (χ3n) is 3.01. The van der Waals surface area contributed by atoms with Crippen molar-refractivity contribution in [2.75, 3.05) is 0 Å². The molecule has 0 spiro atoms. The minimum absolute atomic E-state index is 0.204. The van der Waals surface area contributed by atoms with Gasteiger partial charge in [-0.25, -0.2) is 4.79 Å². The van der Waals surface area contributed by atoms with Gasteiger partial charge < -0.3 is 0 Å². The molecule has 0 fully saturated rings. The zero-order valence-corrected chi connectivity index (χ0v) is 12.7. The number of nitrogens with one attached hydrogen (secondary N) is 1. The summed E-state index contributed by atoms with van der Waals surface area (Å²) in [6.07, 6.45) is 1.86. The maximum Gasteiger partial charge on any atom is 0.328 e. The highest BCUT2D eigenvalue weighted by atomic mass is 35.5. The van der Waals surface area contributed by atoms with E-state index in [0.29, 0.717) is 17.0 Å². The highest BCUT2D eigenvalue weighted by Crippen LogP contribution is 2.21. The van der Waals surface area contributed by atoms with Gasteiger partial charge in [0.1, 0.15) is 0 Å². The maximum atomic E-state index is 12.2. The van der Waals surface area contributed by atoms with E-state index in [1.165, 1.54) is 18.3 Å². The quantitative estimate of drug-likeness (QED) is 0.876. The zero-order chi connectivity index (χ0) is 15.6. The van der Waals surface area contributed by atoms with Crippen LogP contribution in [-0.2, 0) is 13.0 Å². The van der Waals surface area contributed by atoms with Crippen LogP contribution >= 0.6 is 23.2 Å². The van der Waals surface area contributed by atoms with Gasteiger partial charge >= 0.3 is 5.69 Å². The Hall–Kier alpha value is -1.85. The molecule has 0 amide bonds. The summed E-state index contributed by atoms with van der Waals surface area (Å²) in [5.41, 5.74) is -0.354. The summed E-state index contributed by atoms with van der Waals surface area (Å²) < 4.78 is 1.16. The van der Waals surface area contributed by atoms with E-state index in [1.807, 2.05) is 0 Å². The molecule has 2 aromatic rings. The zero-order valence-electron chi connectivity index (χ0n) is 11.2. The van der Waals surface area contributed by atoms with Crippen LogP contribution in [0.25, 0.3) is 0 Å². The van der Waals surface area contributed by atoms with Gasteiger partial charge in [0.05, 0.1) is 11.6 Å². The van der Waals surface area contributed by atoms with Crippen molar-refractivity contribution in [3.63, 3.8) is 0 Å². The third-order valence-corrected chi connectivity index (χ3v) is 3.56. The fourth-order valence-corrected chi connectivity index (χ4v) is 2.39. The van der Waals surface area contributed by atoms with Crippen LogP contribution in [0.5, 0.6) is 0 Å². The number of ketones is 1. The fraction of sp³-hybridized carbons (Fsp3) is 0.214. The second-order valence-corrected chi connectivity index (χ2v) is 5.29. The average molecular weight is 327 g/mol. The number of Topliss-reactive ketones (excluding diaryl/α,β-unsaturated/α-hetero) is 1. The van der Waals surface area contributed by atoms with Crippen molar-refractivity contribution in [2.45, 2.75) is 19.9 Å². The molecule has 5 nitrogen and oxygen atoms in total. The molecule has 1 heterocycles. The Bertz CT molecular complexity index is 809. The fourth-order valence-electron chi connectivity index (χ4n) is 1.88. The maximum absolute atomic E-state index is 12.2. The molecule has 0 bridgehead atoms. The first kappa shape index (κ1) is 15.5. The van der Waals surface area contributed by atoms with Gasteiger partial charge in [0, 0.05) is 22.3 Å². The topological polar surface area (TPSA) is 71.9 Å². The molecule has 0 atom stereocenters. The second kappa shape index (κ2) is 6.28. The molecule has 7 heteroatoms. The number of rotatable bonds is 4. The molecular weight excluding hydrogens is 315 g/mol. The first-order valence-electron chi connectivity index (χ1n) is 6.23. The van der Waals surface area contributed by atoms with Crippen molar-refractivity contribution in [1.29, 1.82) is 0 Å². The third kappa shape index (κ3) is 3.43. The lowest BCUT2D eigenvalue weighted by Gasteiger charge is -2.07. The number of hydrogen-bond acceptors (Lipinski definition) is 3. The summed E-state index contributed by atoms with van der Waals surface area (Å²) in [6.45, 7) is 1.58. The Morgan fingerprint density at radius 1 is 1.29 bits per heavy atom. The van der Waals surface area contributed by atoms with Crippen LogP contribution < -0.4 is 11.2 Å². The standard InChI is InChI=1S/C14H12Cl2N2O3/c1-2-8-6-18(14(21)17-13(8)20)7-12(19)10-4-3-9(15)5-11(10)16/h3-6H,2,7H2,1H3,(H,17,20,21). The highest BCUT2D eigenvalue weighted by Gasteiger charge is 2.13. The number of hydrogen-bond donors (Lipinski definition) is 1. The molecule has 0 aliphatic rings. The lowest BCUT2D eigenvalue weighted by atomic mass is 10.1. The summed E-state index contributed by atoms with van der Waals surface area (Å²) in [4.78, 5) is 37.6. The first-order chi connectivity index (χ1) is 9.92. The van der Waals surface area contributed by atoms with Gasteiger partial charge in [-0.2, -0.15) is 0 Å². The molecule has 21 heavy (non-hydrogen) atoms. The van der Waals surface area contributed by atoms with Crippen LogP contribution in [-0.4, -0.2) is 15.3 Å². The number of halogens is 2. The van der Waals surface area contributed by atoms with Gasteiger partial charge in [0.25, 0.3) is 5.56 Å². The molecule has 0 radical (unpaired) electrons. The monoisotopic (exact) mass is 326 g/mol. The lowest BCUT2D eigenvalue weighted by molar-refractivity contribution is 0.0970. The van der Waals surface area contributed by atoms with Crippen LogP contribution in [0.2, 0.25) is 10.0 Å². The van der Waals surface area contributed by atoms with Crippen LogP contribution in [0, 0.1) is 0 Å². The molecule has 1 N–H and O–H groups in total. The Morgan fingerprint density at radius 2 is 2.00 bits per heavy atom. The lowest BCUT2D eigenvalue weighted by Crippen LogP contribution is -2.33. The molecule has 0 saturated carbocycles. The van der Waals surface area contributed by atoms with Crippen LogP contribution in [0.4, 0.5) is 0 Å². The molecule has 0 saturated heterocycles. The number of carbonyl (C=O) groups is 1. The summed E-state index contributed by atoms with van der Waals surface area (Å²) in [5, 5.41) is 0.645. The Morgan fingerprint density at radius 3 is 2.62 bits per heavy atom. The van der Waals surface area contributed by atoms with Crippen molar-refractivity contribution >= 4 is 29.0 Å². The first-order valence-corrected chi connectivity index (χ1v) is 6.99. The second-order valence-electron chi connectivity index (χ2n) is 4.44. The smallest absolute Gasteiger partial charge is 0.293 e. The van der Waals surface area contributed by atoms with E-state index in [0.717, 1.165) is 4.57 Å². The average Bonchev–Trinajstić information content (AvgIpc) is 2.41. The van der Waals surface area contributed by atoms with Crippen molar-refractivity contribution < 1.29 is 4.79 Å². The van der Waals surface area contributed by atoms with E-state index < -0.39 is 11.2 Å². The summed E-state index contributed by atoms with van der Waals surface area (Å²) >= 11 is 11.7. The van der Waals surface area contributed by atoms with E-state index in [4.69, 9.17) is 23.2 Å². The summed E-state index contributed by atoms with van der Waals surface area (Å²) in [5.74, 6) is -0.340. The summed E-state index contributed by atoms with van der Waals surface area (Å²) in [7, 11) is 0. The predicted molar refractivity (Wildman–Crippen MR) is 81.5 cm³/mol. The SMILES string of the molecule is CCc1cn(CC(=O)c2ccc(Cl)cc2Cl)c(=O)[nH]c1=O. The number of H-pyrrole nitrogens is 1. The van der Waals surface area contributed by atoms with E-state index >= 15 is 0 Å². The van der Waals surface area contributed by atoms with E-state index in [-0.39, 0.29) is 22.9 Å². The molecule has 110 valence electrons. The van der Waals surface area contributed by atoms with Gasteiger partial charge in [0.15, 0.2) is 5.78 Å². The van der Waals surface area contributed by atoms with Crippen molar-refractivity contribution in [1.82, 2.24) is 9.55 Å².